The van der Waals surface area contributed by atoms with E-state index in [1.54, 1.807) is 4.90 Å². The number of hydrogen-bond donors (Lipinski definition) is 4. The Morgan fingerprint density at radius 2 is 1.25 bits per heavy atom. The minimum absolute atomic E-state index is 0.0465. The van der Waals surface area contributed by atoms with Crippen molar-refractivity contribution < 1.29 is 28.7 Å². The molecule has 15 heteroatoms. The number of urea groups is 1. The van der Waals surface area contributed by atoms with E-state index in [1.165, 1.54) is 18.4 Å². The van der Waals surface area contributed by atoms with Crippen molar-refractivity contribution in [3.8, 4) is 11.3 Å². The summed E-state index contributed by atoms with van der Waals surface area (Å²) in [7, 11) is 1.31. The van der Waals surface area contributed by atoms with Crippen LogP contribution in [0.25, 0.3) is 11.3 Å². The van der Waals surface area contributed by atoms with Crippen molar-refractivity contribution >= 4 is 29.7 Å². The highest BCUT2D eigenvalue weighted by Crippen LogP contribution is 2.58. The van der Waals surface area contributed by atoms with Crippen LogP contribution in [0.3, 0.4) is 0 Å². The third-order valence-electron chi connectivity index (χ3n) is 14.7. The minimum atomic E-state index is -0.671. The monoisotopic (exact) mass is 837 g/mol. The maximum Gasteiger partial charge on any atom is 0.407 e. The molecule has 4 unspecified atom stereocenters. The zero-order valence-corrected chi connectivity index (χ0v) is 36.4. The molecule has 3 aliphatic carbocycles. The van der Waals surface area contributed by atoms with Crippen LogP contribution >= 0.6 is 0 Å². The van der Waals surface area contributed by atoms with Crippen LogP contribution < -0.4 is 10.6 Å². The molecule has 3 saturated heterocycles. The number of carbonyl (C=O) groups excluding carboxylic acids is 5. The molecule has 2 bridgehead atoms. The van der Waals surface area contributed by atoms with Crippen LogP contribution in [0.5, 0.6) is 0 Å². The van der Waals surface area contributed by atoms with Gasteiger partial charge in [0.05, 0.1) is 31.1 Å². The second kappa shape index (κ2) is 17.3. The maximum absolute atomic E-state index is 14.0. The van der Waals surface area contributed by atoms with Gasteiger partial charge in [0.15, 0.2) is 0 Å². The fourth-order valence-electron chi connectivity index (χ4n) is 10.8. The largest absolute Gasteiger partial charge is 0.453 e. The molecular formula is C46H63N9O6. The summed E-state index contributed by atoms with van der Waals surface area (Å²) in [5, 5.41) is 5.73. The molecule has 4 atom stereocenters. The molecule has 2 aromatic heterocycles. The summed E-state index contributed by atoms with van der Waals surface area (Å²) in [5.41, 5.74) is 4.69. The first kappa shape index (κ1) is 42.5. The van der Waals surface area contributed by atoms with Crippen molar-refractivity contribution in [1.82, 2.24) is 45.3 Å². The second-order valence-corrected chi connectivity index (χ2v) is 18.9. The molecule has 3 aliphatic heterocycles. The SMILES string of the molecule is COC(=O)NC(C(=O)N1CCCC1c1ncc(C23CCC(c4ccc(-c5cnc(C6CCCN6C(=O)C(NC(=O)N6CCC(=O)CC6)C(C)C)[nH]5)cc4)(CC2)CC3)[nH]1)C(C)C. The van der Waals surface area contributed by atoms with Gasteiger partial charge in [-0.1, -0.05) is 52.0 Å². The number of aromatic nitrogens is 4. The molecule has 328 valence electrons. The van der Waals surface area contributed by atoms with Gasteiger partial charge in [0, 0.05) is 56.3 Å². The summed E-state index contributed by atoms with van der Waals surface area (Å²) < 4.78 is 4.80. The van der Waals surface area contributed by atoms with Gasteiger partial charge in [0.1, 0.15) is 29.5 Å². The number of imidazole rings is 2. The fraction of sp³-hybridized carbons (Fsp3) is 0.630. The van der Waals surface area contributed by atoms with Gasteiger partial charge in [-0.05, 0) is 92.6 Å². The molecule has 6 aliphatic rings. The van der Waals surface area contributed by atoms with Gasteiger partial charge in [0.25, 0.3) is 0 Å². The van der Waals surface area contributed by atoms with E-state index in [4.69, 9.17) is 14.7 Å². The van der Waals surface area contributed by atoms with E-state index < -0.39 is 18.2 Å². The highest BCUT2D eigenvalue weighted by atomic mass is 16.5. The van der Waals surface area contributed by atoms with E-state index >= 15 is 0 Å². The van der Waals surface area contributed by atoms with Crippen LogP contribution in [0.2, 0.25) is 0 Å². The van der Waals surface area contributed by atoms with Gasteiger partial charge in [-0.25, -0.2) is 19.6 Å². The van der Waals surface area contributed by atoms with Crippen molar-refractivity contribution in [2.24, 2.45) is 11.8 Å². The number of H-pyrrole nitrogens is 2. The molecular weight excluding hydrogens is 775 g/mol. The molecule has 3 aromatic rings. The number of piperidine rings is 1. The molecule has 0 radical (unpaired) electrons. The molecule has 9 rings (SSSR count). The molecule has 0 spiro atoms. The van der Waals surface area contributed by atoms with Crippen molar-refractivity contribution in [2.45, 2.75) is 140 Å². The zero-order chi connectivity index (χ0) is 43.1. The first-order valence-corrected chi connectivity index (χ1v) is 22.6. The first-order chi connectivity index (χ1) is 29.3. The highest BCUT2D eigenvalue weighted by Gasteiger charge is 2.51. The highest BCUT2D eigenvalue weighted by molar-refractivity contribution is 5.89. The summed E-state index contributed by atoms with van der Waals surface area (Å²) in [4.78, 5) is 86.9. The number of nitrogens with zero attached hydrogens (tertiary/aromatic N) is 5. The standard InChI is InChI=1S/C46H63N9O6/c1-28(2)37(51-43(59)53-24-14-32(56)15-25-53)41(57)54-22-6-8-34(54)39-47-26-33(49-39)30-10-12-31(13-11-30)45-16-19-46(20-17-45,21-18-45)36-27-48-40(50-36)35-9-7-23-55(35)42(58)38(29(3)4)52-44(60)61-5/h10-13,26-29,34-35,37-38H,6-9,14-25H2,1-5H3,(H,47,49)(H,48,50)(H,51,59)(H,52,60). The number of ether oxygens (including phenoxy) is 1. The lowest BCUT2D eigenvalue weighted by atomic mass is 9.51. The van der Waals surface area contributed by atoms with Gasteiger partial charge in [0.2, 0.25) is 11.8 Å². The number of alkyl carbamates (subject to hydrolysis) is 1. The Hall–Kier alpha value is -5.21. The quantitative estimate of drug-likeness (QED) is 0.170. The fourth-order valence-corrected chi connectivity index (χ4v) is 10.8. The van der Waals surface area contributed by atoms with E-state index in [0.29, 0.717) is 39.0 Å². The van der Waals surface area contributed by atoms with Crippen LogP contribution in [0.4, 0.5) is 9.59 Å². The number of Topliss-reactive ketones (excluding diaryl/α,β-unsaturated/α-hetero) is 1. The van der Waals surface area contributed by atoms with Gasteiger partial charge in [-0.15, -0.1) is 0 Å². The normalized spacial score (nSPS) is 26.2. The molecule has 61 heavy (non-hydrogen) atoms. The number of benzene rings is 1. The molecule has 15 nitrogen and oxygen atoms in total. The smallest absolute Gasteiger partial charge is 0.407 e. The van der Waals surface area contributed by atoms with Crippen LogP contribution in [0, 0.1) is 11.8 Å². The lowest BCUT2D eigenvalue weighted by molar-refractivity contribution is -0.136. The lowest BCUT2D eigenvalue weighted by Crippen LogP contribution is -2.55. The topological polar surface area (TPSA) is 186 Å². The van der Waals surface area contributed by atoms with Crippen LogP contribution in [-0.2, 0) is 30.0 Å². The van der Waals surface area contributed by atoms with Crippen molar-refractivity contribution in [3.63, 3.8) is 0 Å². The number of aromatic amines is 2. The minimum Gasteiger partial charge on any atom is -0.453 e. The molecule has 3 saturated carbocycles. The predicted molar refractivity (Wildman–Crippen MR) is 228 cm³/mol. The average molecular weight is 838 g/mol. The number of fused-ring (bicyclic) bond motifs is 3. The summed E-state index contributed by atoms with van der Waals surface area (Å²) in [6.45, 7) is 9.75. The number of amides is 5. The van der Waals surface area contributed by atoms with Crippen LogP contribution in [0.1, 0.15) is 140 Å². The molecule has 5 amide bonds. The third-order valence-corrected chi connectivity index (χ3v) is 14.7. The summed E-state index contributed by atoms with van der Waals surface area (Å²) in [5.74, 6) is 1.37. The average Bonchev–Trinajstić information content (AvgIpc) is 4.12. The van der Waals surface area contributed by atoms with Crippen molar-refractivity contribution in [1.29, 1.82) is 0 Å². The predicted octanol–water partition coefficient (Wildman–Crippen LogP) is 6.45. The number of methoxy groups -OCH3 is 1. The van der Waals surface area contributed by atoms with E-state index in [9.17, 15) is 24.0 Å². The number of nitrogens with one attached hydrogen (secondary N) is 4. The number of ketones is 1. The number of hydrogen-bond acceptors (Lipinski definition) is 8. The van der Waals surface area contributed by atoms with E-state index in [2.05, 4.69) is 44.9 Å². The Morgan fingerprint density at radius 1 is 0.721 bits per heavy atom. The second-order valence-electron chi connectivity index (χ2n) is 18.9. The lowest BCUT2D eigenvalue weighted by Gasteiger charge is -2.53. The molecule has 4 N–H and O–H groups in total. The van der Waals surface area contributed by atoms with Crippen LogP contribution in [-0.4, -0.2) is 110 Å². The van der Waals surface area contributed by atoms with Gasteiger partial charge >= 0.3 is 12.1 Å². The van der Waals surface area contributed by atoms with Crippen LogP contribution in [0.15, 0.2) is 36.7 Å². The summed E-state index contributed by atoms with van der Waals surface area (Å²) in [6, 6.07) is 6.97. The Bertz CT molecular complexity index is 2070. The zero-order valence-electron chi connectivity index (χ0n) is 36.4. The van der Waals surface area contributed by atoms with E-state index in [0.717, 1.165) is 87.1 Å². The Balaban J connectivity index is 0.893. The summed E-state index contributed by atoms with van der Waals surface area (Å²) in [6.07, 6.45) is 13.9. The molecule has 5 heterocycles. The van der Waals surface area contributed by atoms with Gasteiger partial charge in [-0.2, -0.15) is 0 Å². The van der Waals surface area contributed by atoms with E-state index in [1.807, 2.05) is 49.9 Å². The summed E-state index contributed by atoms with van der Waals surface area (Å²) >= 11 is 0. The van der Waals surface area contributed by atoms with Crippen molar-refractivity contribution in [2.75, 3.05) is 33.3 Å². The van der Waals surface area contributed by atoms with E-state index in [-0.39, 0.29) is 58.4 Å². The maximum atomic E-state index is 14.0. The Morgan fingerprint density at radius 3 is 1.80 bits per heavy atom. The van der Waals surface area contributed by atoms with Gasteiger partial charge in [-0.3, -0.25) is 14.4 Å². The Labute approximate surface area is 358 Å². The van der Waals surface area contributed by atoms with Crippen molar-refractivity contribution in [3.05, 3.63) is 59.6 Å². The number of rotatable bonds is 11. The number of carbonyl (C=O) groups is 5. The Kier molecular flexibility index (Phi) is 12.0. The first-order valence-electron chi connectivity index (χ1n) is 22.6. The third kappa shape index (κ3) is 8.28. The molecule has 1 aromatic carbocycles. The van der Waals surface area contributed by atoms with Gasteiger partial charge < -0.3 is 40.0 Å². The number of likely N-dealkylation sites (tertiary alicyclic amines) is 3. The molecule has 6 fully saturated rings.